The number of hydrogen-bond acceptors (Lipinski definition) is 3. The lowest BCUT2D eigenvalue weighted by atomic mass is 10.2. The molecule has 0 spiro atoms. The van der Waals surface area contributed by atoms with Gasteiger partial charge in [0.2, 0.25) is 0 Å². The SMILES string of the molecule is CCCOc1ccc(NCC(C)C)cc1OCCC. The van der Waals surface area contributed by atoms with Crippen molar-refractivity contribution < 1.29 is 9.47 Å². The second kappa shape index (κ2) is 8.68. The lowest BCUT2D eigenvalue weighted by molar-refractivity contribution is 0.268. The van der Waals surface area contributed by atoms with E-state index in [1.54, 1.807) is 0 Å². The minimum atomic E-state index is 0.621. The Bertz CT molecular complexity index is 364. The van der Waals surface area contributed by atoms with Crippen LogP contribution in [-0.4, -0.2) is 19.8 Å². The molecule has 3 nitrogen and oxygen atoms in total. The summed E-state index contributed by atoms with van der Waals surface area (Å²) in [4.78, 5) is 0. The van der Waals surface area contributed by atoms with Crippen molar-refractivity contribution in [3.8, 4) is 11.5 Å². The van der Waals surface area contributed by atoms with Gasteiger partial charge >= 0.3 is 0 Å². The molecule has 0 unspecified atom stereocenters. The number of nitrogens with one attached hydrogen (secondary N) is 1. The zero-order valence-corrected chi connectivity index (χ0v) is 12.7. The highest BCUT2D eigenvalue weighted by molar-refractivity contribution is 5.54. The van der Waals surface area contributed by atoms with Crippen LogP contribution in [0, 0.1) is 5.92 Å². The molecule has 0 bridgehead atoms. The van der Waals surface area contributed by atoms with E-state index in [2.05, 4.69) is 33.0 Å². The smallest absolute Gasteiger partial charge is 0.163 e. The average Bonchev–Trinajstić information content (AvgIpc) is 2.41. The van der Waals surface area contributed by atoms with Crippen LogP contribution in [0.4, 0.5) is 5.69 Å². The van der Waals surface area contributed by atoms with E-state index < -0.39 is 0 Å². The van der Waals surface area contributed by atoms with E-state index >= 15 is 0 Å². The fraction of sp³-hybridized carbons (Fsp3) is 0.625. The molecule has 0 atom stereocenters. The topological polar surface area (TPSA) is 30.5 Å². The van der Waals surface area contributed by atoms with Crippen LogP contribution in [0.2, 0.25) is 0 Å². The lowest BCUT2D eigenvalue weighted by Crippen LogP contribution is -2.08. The van der Waals surface area contributed by atoms with Crippen LogP contribution in [0.1, 0.15) is 40.5 Å². The van der Waals surface area contributed by atoms with E-state index in [1.807, 2.05) is 18.2 Å². The van der Waals surface area contributed by atoms with Gasteiger partial charge in [0.25, 0.3) is 0 Å². The molecule has 0 heterocycles. The van der Waals surface area contributed by atoms with E-state index in [0.717, 1.165) is 49.8 Å². The van der Waals surface area contributed by atoms with Gasteiger partial charge in [0.15, 0.2) is 11.5 Å². The van der Waals surface area contributed by atoms with Crippen LogP contribution < -0.4 is 14.8 Å². The molecule has 108 valence electrons. The summed E-state index contributed by atoms with van der Waals surface area (Å²) in [7, 11) is 0. The summed E-state index contributed by atoms with van der Waals surface area (Å²) >= 11 is 0. The van der Waals surface area contributed by atoms with Crippen molar-refractivity contribution >= 4 is 5.69 Å². The summed E-state index contributed by atoms with van der Waals surface area (Å²) in [6, 6.07) is 6.07. The van der Waals surface area contributed by atoms with E-state index in [4.69, 9.17) is 9.47 Å². The van der Waals surface area contributed by atoms with Crippen molar-refractivity contribution in [2.24, 2.45) is 5.92 Å². The third-order valence-electron chi connectivity index (χ3n) is 2.58. The van der Waals surface area contributed by atoms with Gasteiger partial charge in [-0.25, -0.2) is 0 Å². The first-order valence-corrected chi connectivity index (χ1v) is 7.30. The number of rotatable bonds is 9. The first-order valence-electron chi connectivity index (χ1n) is 7.30. The van der Waals surface area contributed by atoms with Crippen molar-refractivity contribution in [2.45, 2.75) is 40.5 Å². The molecule has 0 aliphatic rings. The molecule has 1 aromatic carbocycles. The Morgan fingerprint density at radius 1 is 1.00 bits per heavy atom. The third kappa shape index (κ3) is 5.86. The standard InChI is InChI=1S/C16H27NO2/c1-5-9-18-15-8-7-14(17-12-13(3)4)11-16(15)19-10-6-2/h7-8,11,13,17H,5-6,9-10,12H2,1-4H3. The maximum atomic E-state index is 5.77. The number of anilines is 1. The molecular formula is C16H27NO2. The molecule has 0 saturated carbocycles. The van der Waals surface area contributed by atoms with Gasteiger partial charge in [-0.3, -0.25) is 0 Å². The fourth-order valence-corrected chi connectivity index (χ4v) is 1.60. The minimum Gasteiger partial charge on any atom is -0.490 e. The Kier molecular flexibility index (Phi) is 7.16. The molecule has 0 aromatic heterocycles. The molecule has 0 fully saturated rings. The van der Waals surface area contributed by atoms with E-state index in [0.29, 0.717) is 5.92 Å². The van der Waals surface area contributed by atoms with Gasteiger partial charge in [-0.2, -0.15) is 0 Å². The molecule has 0 saturated heterocycles. The number of ether oxygens (including phenoxy) is 2. The molecule has 1 rings (SSSR count). The molecule has 0 aliphatic heterocycles. The molecule has 3 heteroatoms. The summed E-state index contributed by atoms with van der Waals surface area (Å²) in [5, 5.41) is 3.41. The van der Waals surface area contributed by atoms with Gasteiger partial charge in [0.05, 0.1) is 13.2 Å². The Labute approximate surface area is 117 Å². The highest BCUT2D eigenvalue weighted by Gasteiger charge is 2.07. The zero-order valence-electron chi connectivity index (χ0n) is 12.7. The highest BCUT2D eigenvalue weighted by atomic mass is 16.5. The fourth-order valence-electron chi connectivity index (χ4n) is 1.60. The summed E-state index contributed by atoms with van der Waals surface area (Å²) in [6.07, 6.45) is 2.00. The normalized spacial score (nSPS) is 10.6. The lowest BCUT2D eigenvalue weighted by Gasteiger charge is -2.15. The Morgan fingerprint density at radius 2 is 1.63 bits per heavy atom. The van der Waals surface area contributed by atoms with Crippen LogP contribution in [0.15, 0.2) is 18.2 Å². The second-order valence-corrected chi connectivity index (χ2v) is 5.13. The summed E-state index contributed by atoms with van der Waals surface area (Å²) in [6.45, 7) is 11.0. The second-order valence-electron chi connectivity index (χ2n) is 5.13. The van der Waals surface area contributed by atoms with Crippen molar-refractivity contribution in [3.63, 3.8) is 0 Å². The largest absolute Gasteiger partial charge is 0.490 e. The van der Waals surface area contributed by atoms with E-state index in [9.17, 15) is 0 Å². The number of hydrogen-bond donors (Lipinski definition) is 1. The molecular weight excluding hydrogens is 238 g/mol. The maximum absolute atomic E-state index is 5.77. The summed E-state index contributed by atoms with van der Waals surface area (Å²) < 4.78 is 11.5. The Balaban J connectivity index is 2.75. The first-order chi connectivity index (χ1) is 9.17. The Hall–Kier alpha value is -1.38. The zero-order chi connectivity index (χ0) is 14.1. The predicted molar refractivity (Wildman–Crippen MR) is 81.3 cm³/mol. The molecule has 19 heavy (non-hydrogen) atoms. The van der Waals surface area contributed by atoms with Gasteiger partial charge < -0.3 is 14.8 Å². The quantitative estimate of drug-likeness (QED) is 0.720. The molecule has 1 aromatic rings. The van der Waals surface area contributed by atoms with Gasteiger partial charge in [0.1, 0.15) is 0 Å². The highest BCUT2D eigenvalue weighted by Crippen LogP contribution is 2.31. The van der Waals surface area contributed by atoms with Gasteiger partial charge in [-0.05, 0) is 30.9 Å². The van der Waals surface area contributed by atoms with Crippen LogP contribution in [0.3, 0.4) is 0 Å². The van der Waals surface area contributed by atoms with Crippen LogP contribution in [0.25, 0.3) is 0 Å². The maximum Gasteiger partial charge on any atom is 0.163 e. The van der Waals surface area contributed by atoms with E-state index in [-0.39, 0.29) is 0 Å². The van der Waals surface area contributed by atoms with Crippen LogP contribution in [0.5, 0.6) is 11.5 Å². The summed E-state index contributed by atoms with van der Waals surface area (Å²) in [5.41, 5.74) is 1.09. The van der Waals surface area contributed by atoms with Crippen molar-refractivity contribution in [3.05, 3.63) is 18.2 Å². The van der Waals surface area contributed by atoms with Gasteiger partial charge in [-0.1, -0.05) is 27.7 Å². The van der Waals surface area contributed by atoms with Crippen LogP contribution >= 0.6 is 0 Å². The molecule has 0 aliphatic carbocycles. The Morgan fingerprint density at radius 3 is 2.21 bits per heavy atom. The molecule has 0 radical (unpaired) electrons. The number of benzene rings is 1. The summed E-state index contributed by atoms with van der Waals surface area (Å²) in [5.74, 6) is 2.30. The minimum absolute atomic E-state index is 0.621. The van der Waals surface area contributed by atoms with Crippen molar-refractivity contribution in [1.82, 2.24) is 0 Å². The molecule has 1 N–H and O–H groups in total. The van der Waals surface area contributed by atoms with Gasteiger partial charge in [0, 0.05) is 18.3 Å². The monoisotopic (exact) mass is 265 g/mol. The van der Waals surface area contributed by atoms with Crippen molar-refractivity contribution in [1.29, 1.82) is 0 Å². The predicted octanol–water partition coefficient (Wildman–Crippen LogP) is 4.33. The third-order valence-corrected chi connectivity index (χ3v) is 2.58. The van der Waals surface area contributed by atoms with Gasteiger partial charge in [-0.15, -0.1) is 0 Å². The first kappa shape index (κ1) is 15.7. The van der Waals surface area contributed by atoms with Crippen LogP contribution in [-0.2, 0) is 0 Å². The average molecular weight is 265 g/mol. The molecule has 0 amide bonds. The van der Waals surface area contributed by atoms with Crippen molar-refractivity contribution in [2.75, 3.05) is 25.1 Å². The van der Waals surface area contributed by atoms with E-state index in [1.165, 1.54) is 0 Å².